The number of benzene rings is 2. The number of nitrogens with one attached hydrogen (secondary N) is 1. The Labute approximate surface area is 165 Å². The number of hydrogen-bond acceptors (Lipinski definition) is 3. The monoisotopic (exact) mass is 402 g/mol. The Morgan fingerprint density at radius 1 is 1.14 bits per heavy atom. The van der Waals surface area contributed by atoms with E-state index < -0.39 is 17.6 Å². The van der Waals surface area contributed by atoms with Crippen molar-refractivity contribution in [2.24, 2.45) is 0 Å². The van der Waals surface area contributed by atoms with E-state index >= 15 is 0 Å². The maximum absolute atomic E-state index is 14.7. The highest BCUT2D eigenvalue weighted by Gasteiger charge is 2.24. The molecule has 0 aliphatic heterocycles. The minimum absolute atomic E-state index is 0.0902. The Morgan fingerprint density at radius 3 is 2.45 bits per heavy atom. The summed E-state index contributed by atoms with van der Waals surface area (Å²) < 4.78 is 47.5. The van der Waals surface area contributed by atoms with Crippen molar-refractivity contribution in [3.05, 3.63) is 88.6 Å². The first-order valence-corrected chi connectivity index (χ1v) is 8.60. The fraction of sp³-hybridized carbons (Fsp3) is 0.143. The fourth-order valence-electron chi connectivity index (χ4n) is 2.62. The molecule has 1 aromatic heterocycles. The van der Waals surface area contributed by atoms with Crippen molar-refractivity contribution in [2.45, 2.75) is 19.8 Å². The third-order valence-electron chi connectivity index (χ3n) is 4.15. The third-order valence-corrected chi connectivity index (χ3v) is 4.15. The molecule has 1 N–H and O–H groups in total. The highest BCUT2D eigenvalue weighted by Crippen LogP contribution is 2.32. The number of nitrogens with zero attached hydrogens (tertiary/aromatic N) is 1. The van der Waals surface area contributed by atoms with E-state index in [1.807, 2.05) is 0 Å². The van der Waals surface area contributed by atoms with Gasteiger partial charge in [0, 0.05) is 18.6 Å². The summed E-state index contributed by atoms with van der Waals surface area (Å²) in [5.41, 5.74) is -0.173. The largest absolute Gasteiger partial charge is 0.619 e. The lowest BCUT2D eigenvalue weighted by Crippen LogP contribution is -2.26. The summed E-state index contributed by atoms with van der Waals surface area (Å²) in [6.07, 6.45) is 2.36. The maximum atomic E-state index is 14.7. The minimum Gasteiger partial charge on any atom is -0.619 e. The zero-order valence-electron chi connectivity index (χ0n) is 15.6. The number of alkyl halides is 2. The summed E-state index contributed by atoms with van der Waals surface area (Å²) in [4.78, 5) is 12.7. The second kappa shape index (κ2) is 7.83. The average molecular weight is 402 g/mol. The summed E-state index contributed by atoms with van der Waals surface area (Å²) in [5.74, 6) is -4.54. The lowest BCUT2D eigenvalue weighted by Gasteiger charge is -2.15. The van der Waals surface area contributed by atoms with Crippen LogP contribution >= 0.6 is 0 Å². The number of anilines is 1. The van der Waals surface area contributed by atoms with Gasteiger partial charge in [-0.3, -0.25) is 4.79 Å². The number of aryl methyl sites for hydroxylation is 1. The van der Waals surface area contributed by atoms with Crippen LogP contribution in [0.4, 0.5) is 18.9 Å². The molecule has 150 valence electrons. The first-order chi connectivity index (χ1) is 13.6. The Bertz CT molecular complexity index is 1050. The smallest absolute Gasteiger partial charge is 0.270 e. The molecule has 1 amide bonds. The molecule has 0 saturated heterocycles. The summed E-state index contributed by atoms with van der Waals surface area (Å²) in [6, 6.07) is 10.8. The summed E-state index contributed by atoms with van der Waals surface area (Å²) in [7, 11) is 0. The minimum atomic E-state index is -3.01. The summed E-state index contributed by atoms with van der Waals surface area (Å²) in [5, 5.41) is 13.8. The topological polar surface area (TPSA) is 65.3 Å². The van der Waals surface area contributed by atoms with Gasteiger partial charge in [-0.15, -0.1) is 0 Å². The van der Waals surface area contributed by atoms with Crippen LogP contribution in [0.25, 0.3) is 0 Å². The Kier molecular flexibility index (Phi) is 5.45. The number of pyridine rings is 1. The zero-order chi connectivity index (χ0) is 21.2. The second-order valence-electron chi connectivity index (χ2n) is 6.49. The van der Waals surface area contributed by atoms with Crippen LogP contribution in [0, 0.1) is 17.9 Å². The molecule has 0 bridgehead atoms. The van der Waals surface area contributed by atoms with Crippen LogP contribution in [0.5, 0.6) is 11.5 Å². The first-order valence-electron chi connectivity index (χ1n) is 8.60. The van der Waals surface area contributed by atoms with Crippen LogP contribution in [0.15, 0.2) is 60.9 Å². The van der Waals surface area contributed by atoms with Gasteiger partial charge >= 0.3 is 0 Å². The molecule has 0 spiro atoms. The van der Waals surface area contributed by atoms with Crippen molar-refractivity contribution in [1.82, 2.24) is 0 Å². The van der Waals surface area contributed by atoms with Crippen LogP contribution < -0.4 is 14.8 Å². The molecule has 0 aliphatic rings. The molecule has 0 radical (unpaired) electrons. The lowest BCUT2D eigenvalue weighted by molar-refractivity contribution is -0.604. The molecule has 0 atom stereocenters. The molecule has 0 fully saturated rings. The van der Waals surface area contributed by atoms with E-state index in [2.05, 4.69) is 5.32 Å². The van der Waals surface area contributed by atoms with Gasteiger partial charge in [-0.25, -0.2) is 13.2 Å². The van der Waals surface area contributed by atoms with Gasteiger partial charge in [0.25, 0.3) is 11.8 Å². The van der Waals surface area contributed by atoms with Gasteiger partial charge in [-0.1, -0.05) is 6.07 Å². The number of carbonyl (C=O) groups excluding carboxylic acids is 1. The van der Waals surface area contributed by atoms with E-state index in [0.717, 1.165) is 13.1 Å². The predicted molar refractivity (Wildman–Crippen MR) is 101 cm³/mol. The van der Waals surface area contributed by atoms with Gasteiger partial charge in [-0.05, 0) is 48.9 Å². The second-order valence-corrected chi connectivity index (χ2v) is 6.49. The molecular formula is C21H17F3N2O3. The Morgan fingerprint density at radius 2 is 1.83 bits per heavy atom. The van der Waals surface area contributed by atoms with Gasteiger partial charge in [0.1, 0.15) is 28.6 Å². The quantitative estimate of drug-likeness (QED) is 0.486. The van der Waals surface area contributed by atoms with Crippen LogP contribution in [-0.4, -0.2) is 5.91 Å². The SMILES string of the molecule is Cc1ccc(Oc2ccc(C(C)(F)F)cc2)c(C(=O)Nc2ccc[n+]([O-])c2)c1F. The van der Waals surface area contributed by atoms with Crippen molar-refractivity contribution < 1.29 is 27.4 Å². The predicted octanol–water partition coefficient (Wildman–Crippen LogP) is 4.92. The van der Waals surface area contributed by atoms with Gasteiger partial charge < -0.3 is 15.3 Å². The molecular weight excluding hydrogens is 385 g/mol. The number of rotatable bonds is 5. The first kappa shape index (κ1) is 20.2. The normalized spacial score (nSPS) is 11.2. The highest BCUT2D eigenvalue weighted by molar-refractivity contribution is 6.06. The standard InChI is InChI=1S/C21H17F3N2O3/c1-13-5-10-17(29-16-8-6-14(7-9-16)21(2,23)24)18(19(13)22)20(27)25-15-4-3-11-26(28)12-15/h3-12H,1-2H3,(H,25,27). The van der Waals surface area contributed by atoms with Crippen LogP contribution in [-0.2, 0) is 5.92 Å². The van der Waals surface area contributed by atoms with E-state index in [1.165, 1.54) is 61.7 Å². The zero-order valence-corrected chi connectivity index (χ0v) is 15.6. The highest BCUT2D eigenvalue weighted by atomic mass is 19.3. The van der Waals surface area contributed by atoms with Gasteiger partial charge in [0.15, 0.2) is 6.20 Å². The van der Waals surface area contributed by atoms with E-state index in [9.17, 15) is 23.2 Å². The van der Waals surface area contributed by atoms with E-state index in [4.69, 9.17) is 4.74 Å². The molecule has 0 unspecified atom stereocenters. The molecule has 29 heavy (non-hydrogen) atoms. The van der Waals surface area contributed by atoms with Crippen molar-refractivity contribution in [3.63, 3.8) is 0 Å². The molecule has 3 aromatic rings. The Hall–Kier alpha value is -3.55. The number of ether oxygens (including phenoxy) is 1. The third kappa shape index (κ3) is 4.66. The van der Waals surface area contributed by atoms with E-state index in [-0.39, 0.29) is 33.9 Å². The number of halogens is 3. The molecule has 8 heteroatoms. The van der Waals surface area contributed by atoms with Crippen molar-refractivity contribution in [1.29, 1.82) is 0 Å². The molecule has 0 saturated carbocycles. The molecule has 1 heterocycles. The van der Waals surface area contributed by atoms with Crippen LogP contribution in [0.1, 0.15) is 28.4 Å². The van der Waals surface area contributed by atoms with Crippen molar-refractivity contribution in [3.8, 4) is 11.5 Å². The summed E-state index contributed by atoms with van der Waals surface area (Å²) in [6.45, 7) is 2.26. The van der Waals surface area contributed by atoms with Crippen molar-refractivity contribution >= 4 is 11.6 Å². The molecule has 3 rings (SSSR count). The van der Waals surface area contributed by atoms with Crippen LogP contribution in [0.2, 0.25) is 0 Å². The number of amides is 1. The molecule has 0 aliphatic carbocycles. The number of carbonyl (C=O) groups is 1. The van der Waals surface area contributed by atoms with Gasteiger partial charge in [0.2, 0.25) is 6.20 Å². The number of aromatic nitrogens is 1. The van der Waals surface area contributed by atoms with Gasteiger partial charge in [0.05, 0.1) is 0 Å². The van der Waals surface area contributed by atoms with Gasteiger partial charge in [-0.2, -0.15) is 4.73 Å². The van der Waals surface area contributed by atoms with Crippen LogP contribution in [0.3, 0.4) is 0 Å². The van der Waals surface area contributed by atoms with Crippen molar-refractivity contribution in [2.75, 3.05) is 5.32 Å². The Balaban J connectivity index is 1.92. The molecule has 5 nitrogen and oxygen atoms in total. The van der Waals surface area contributed by atoms with E-state index in [0.29, 0.717) is 4.73 Å². The fourth-order valence-corrected chi connectivity index (χ4v) is 2.62. The lowest BCUT2D eigenvalue weighted by atomic mass is 10.1. The number of hydrogen-bond donors (Lipinski definition) is 1. The molecule has 2 aromatic carbocycles. The summed E-state index contributed by atoms with van der Waals surface area (Å²) >= 11 is 0. The van der Waals surface area contributed by atoms with E-state index in [1.54, 1.807) is 0 Å². The maximum Gasteiger partial charge on any atom is 0.270 e. The average Bonchev–Trinajstić information content (AvgIpc) is 2.64.